The summed E-state index contributed by atoms with van der Waals surface area (Å²) in [6.07, 6.45) is 1.00. The fourth-order valence-corrected chi connectivity index (χ4v) is 0. The van der Waals surface area contributed by atoms with Crippen LogP contribution in [0.1, 0.15) is 20.3 Å². The second-order valence-electron chi connectivity index (χ2n) is 0.500. The van der Waals surface area contributed by atoms with Crippen LogP contribution in [0.25, 0.3) is 0 Å². The fraction of sp³-hybridized carbons (Fsp3) is 0.600. The third-order valence-corrected chi connectivity index (χ3v) is 0. The Hall–Kier alpha value is 1.64. The van der Waals surface area contributed by atoms with E-state index in [0.717, 1.165) is 6.42 Å². The van der Waals surface area contributed by atoms with Crippen LogP contribution in [-0.2, 0) is 0 Å². The van der Waals surface area contributed by atoms with Crippen LogP contribution in [0.2, 0.25) is 0 Å². The Morgan fingerprint density at radius 3 is 1.33 bits per heavy atom. The first-order valence-corrected chi connectivity index (χ1v) is 1.91. The summed E-state index contributed by atoms with van der Waals surface area (Å²) < 4.78 is 0. The first-order chi connectivity index (χ1) is 2.41. The van der Waals surface area contributed by atoms with E-state index in [1.165, 1.54) is 0 Å². The number of rotatable bonds is 0. The van der Waals surface area contributed by atoms with E-state index in [2.05, 4.69) is 13.8 Å². The van der Waals surface area contributed by atoms with Crippen molar-refractivity contribution in [2.75, 3.05) is 0 Å². The molecule has 6 heavy (non-hydrogen) atoms. The van der Waals surface area contributed by atoms with Crippen LogP contribution in [0.4, 0.5) is 0 Å². The van der Waals surface area contributed by atoms with E-state index in [1.54, 1.807) is 6.92 Å². The van der Waals surface area contributed by atoms with Crippen molar-refractivity contribution in [1.29, 1.82) is 0 Å². The maximum Gasteiger partial charge on any atom is 1.00 e. The Bertz CT molecular complexity index is 3.90. The van der Waals surface area contributed by atoms with Gasteiger partial charge in [0, 0.05) is 0 Å². The van der Waals surface area contributed by atoms with Gasteiger partial charge in [0.2, 0.25) is 0 Å². The average Bonchev–Trinajstić information content (AvgIpc) is 1.46. The molecule has 0 aromatic carbocycles. The summed E-state index contributed by atoms with van der Waals surface area (Å²) in [5, 5.41) is 0. The van der Waals surface area contributed by atoms with Crippen LogP contribution in [0, 0.1) is 13.8 Å². The standard InChI is InChI=1S/C3H7.C2H5.K/c1-3-2;1-2;/h1,3H2,2H3;1H2,2H3;/q2*-1;+1. The van der Waals surface area contributed by atoms with Crippen LogP contribution < -0.4 is 51.4 Å². The largest absolute Gasteiger partial charge is 1.00 e. The van der Waals surface area contributed by atoms with Gasteiger partial charge in [0.05, 0.1) is 0 Å². The molecule has 0 amide bonds. The Kier molecular flexibility index (Phi) is 79.1. The van der Waals surface area contributed by atoms with Crippen molar-refractivity contribution in [2.24, 2.45) is 0 Å². The monoisotopic (exact) mass is 111 g/mol. The Morgan fingerprint density at radius 2 is 1.33 bits per heavy atom. The van der Waals surface area contributed by atoms with Crippen molar-refractivity contribution in [1.82, 2.24) is 0 Å². The molecule has 0 aliphatic heterocycles. The first-order valence-electron chi connectivity index (χ1n) is 1.91. The van der Waals surface area contributed by atoms with Crippen LogP contribution >= 0.6 is 0 Å². The molecule has 0 aliphatic rings. The van der Waals surface area contributed by atoms with Gasteiger partial charge in [0.25, 0.3) is 0 Å². The third kappa shape index (κ3) is 45.2. The van der Waals surface area contributed by atoms with E-state index in [9.17, 15) is 0 Å². The zero-order chi connectivity index (χ0) is 4.71. The smallest absolute Gasteiger partial charge is 0.346 e. The van der Waals surface area contributed by atoms with E-state index in [4.69, 9.17) is 0 Å². The van der Waals surface area contributed by atoms with E-state index in [1.807, 2.05) is 6.92 Å². The summed E-state index contributed by atoms with van der Waals surface area (Å²) in [6.45, 7) is 10.5. The van der Waals surface area contributed by atoms with Crippen molar-refractivity contribution < 1.29 is 51.4 Å². The van der Waals surface area contributed by atoms with Gasteiger partial charge >= 0.3 is 51.4 Å². The van der Waals surface area contributed by atoms with Gasteiger partial charge in [-0.2, -0.15) is 13.3 Å². The minimum Gasteiger partial charge on any atom is -0.346 e. The molecule has 0 N–H and O–H groups in total. The molecule has 1 heteroatoms. The zero-order valence-electron chi connectivity index (χ0n) is 5.12. The molecule has 0 atom stereocenters. The van der Waals surface area contributed by atoms with Crippen molar-refractivity contribution in [3.05, 3.63) is 13.8 Å². The van der Waals surface area contributed by atoms with Gasteiger partial charge in [-0.05, 0) is 0 Å². The van der Waals surface area contributed by atoms with Gasteiger partial charge in [0.15, 0.2) is 0 Å². The molecular formula is C5H12K-. The quantitative estimate of drug-likeness (QED) is 0.280. The van der Waals surface area contributed by atoms with Crippen LogP contribution in [-0.4, -0.2) is 0 Å². The minimum atomic E-state index is 0. The van der Waals surface area contributed by atoms with Gasteiger partial charge in [-0.25, -0.2) is 0 Å². The maximum absolute atomic E-state index is 3.49. The van der Waals surface area contributed by atoms with Gasteiger partial charge in [-0.15, -0.1) is 0 Å². The molecule has 0 bridgehead atoms. The van der Waals surface area contributed by atoms with Crippen molar-refractivity contribution in [3.8, 4) is 0 Å². The molecule has 0 nitrogen and oxygen atoms in total. The normalized spacial score (nSPS) is 4.00. The van der Waals surface area contributed by atoms with Crippen LogP contribution in [0.5, 0.6) is 0 Å². The van der Waals surface area contributed by atoms with Gasteiger partial charge in [-0.3, -0.25) is 0 Å². The molecule has 34 valence electrons. The molecular weight excluding hydrogens is 99.2 g/mol. The minimum absolute atomic E-state index is 0. The van der Waals surface area contributed by atoms with E-state index < -0.39 is 0 Å². The van der Waals surface area contributed by atoms with Gasteiger partial charge in [0.1, 0.15) is 0 Å². The molecule has 0 unspecified atom stereocenters. The number of hydrogen-bond acceptors (Lipinski definition) is 0. The van der Waals surface area contributed by atoms with Crippen LogP contribution in [0.15, 0.2) is 0 Å². The third-order valence-electron chi connectivity index (χ3n) is 0. The molecule has 0 aliphatic carbocycles. The molecule has 0 aromatic heterocycles. The summed E-state index contributed by atoms with van der Waals surface area (Å²) in [5.41, 5.74) is 0. The van der Waals surface area contributed by atoms with Gasteiger partial charge in [-0.1, -0.05) is 6.92 Å². The fourth-order valence-electron chi connectivity index (χ4n) is 0. The van der Waals surface area contributed by atoms with Gasteiger partial charge < -0.3 is 13.8 Å². The van der Waals surface area contributed by atoms with E-state index in [0.29, 0.717) is 0 Å². The van der Waals surface area contributed by atoms with Crippen LogP contribution in [0.3, 0.4) is 0 Å². The SMILES string of the molecule is [CH2-]C.[CH2-]CC.[K+]. The molecule has 0 radical (unpaired) electrons. The predicted octanol–water partition coefficient (Wildman–Crippen LogP) is -0.925. The average molecular weight is 111 g/mol. The summed E-state index contributed by atoms with van der Waals surface area (Å²) in [4.78, 5) is 0. The summed E-state index contributed by atoms with van der Waals surface area (Å²) in [7, 11) is 0. The summed E-state index contributed by atoms with van der Waals surface area (Å²) in [5.74, 6) is 0. The Morgan fingerprint density at radius 1 is 1.33 bits per heavy atom. The molecule has 0 saturated carbocycles. The molecule has 0 saturated heterocycles. The molecule has 0 heterocycles. The maximum atomic E-state index is 3.49. The zero-order valence-corrected chi connectivity index (χ0v) is 8.24. The van der Waals surface area contributed by atoms with Crippen molar-refractivity contribution in [2.45, 2.75) is 20.3 Å². The predicted molar refractivity (Wildman–Crippen MR) is 26.7 cm³/mol. The van der Waals surface area contributed by atoms with Crippen molar-refractivity contribution >= 4 is 0 Å². The Balaban J connectivity index is -0.0000000275. The van der Waals surface area contributed by atoms with E-state index >= 15 is 0 Å². The molecule has 0 fully saturated rings. The molecule has 0 aromatic rings. The number of hydrogen-bond donors (Lipinski definition) is 0. The topological polar surface area (TPSA) is 0 Å². The first kappa shape index (κ1) is 15.6. The Labute approximate surface area is 84.1 Å². The molecule has 0 rings (SSSR count). The van der Waals surface area contributed by atoms with Crippen molar-refractivity contribution in [3.63, 3.8) is 0 Å². The second-order valence-corrected chi connectivity index (χ2v) is 0.500. The second kappa shape index (κ2) is 30.3. The summed E-state index contributed by atoms with van der Waals surface area (Å²) in [6, 6.07) is 0. The molecule has 0 spiro atoms. The summed E-state index contributed by atoms with van der Waals surface area (Å²) >= 11 is 0. The van der Waals surface area contributed by atoms with E-state index in [-0.39, 0.29) is 51.4 Å².